The molecule has 14 heavy (non-hydrogen) atoms. The summed E-state index contributed by atoms with van der Waals surface area (Å²) in [4.78, 5) is 1.14. The van der Waals surface area contributed by atoms with Crippen LogP contribution in [-0.4, -0.2) is 25.4 Å². The number of hydrogen-bond donors (Lipinski definition) is 0. The normalized spacial score (nSPS) is 10.4. The van der Waals surface area contributed by atoms with Crippen molar-refractivity contribution in [2.45, 2.75) is 4.90 Å². The van der Waals surface area contributed by atoms with Gasteiger partial charge in [0.05, 0.1) is 10.9 Å². The Labute approximate surface area is 90.3 Å². The maximum absolute atomic E-state index is 5.60. The van der Waals surface area contributed by atoms with Crippen LogP contribution in [0.5, 0.6) is 0 Å². The Morgan fingerprint density at radius 2 is 2.07 bits per heavy atom. The molecule has 4 nitrogen and oxygen atoms in total. The zero-order chi connectivity index (χ0) is 9.80. The largest absolute Gasteiger partial charge is 0.201 e. The van der Waals surface area contributed by atoms with E-state index in [1.807, 2.05) is 24.3 Å². The highest BCUT2D eigenvalue weighted by Gasteiger charge is 1.97. The molecule has 6 heteroatoms. The van der Waals surface area contributed by atoms with Crippen LogP contribution in [0.3, 0.4) is 0 Å². The molecule has 72 valence electrons. The molecule has 2 rings (SSSR count). The van der Waals surface area contributed by atoms with E-state index in [-0.39, 0.29) is 0 Å². The van der Waals surface area contributed by atoms with Crippen molar-refractivity contribution in [2.75, 3.05) is 5.21 Å². The fourth-order valence-corrected chi connectivity index (χ4v) is 1.87. The minimum absolute atomic E-state index is 0.560. The van der Waals surface area contributed by atoms with Crippen LogP contribution in [0.4, 0.5) is 0 Å². The molecule has 0 unspecified atom stereocenters. The molecule has 2 aromatic rings. The van der Waals surface area contributed by atoms with Crippen LogP contribution in [0, 0.1) is 0 Å². The van der Waals surface area contributed by atoms with Gasteiger partial charge in [0.25, 0.3) is 0 Å². The minimum atomic E-state index is 0.560. The van der Waals surface area contributed by atoms with Crippen molar-refractivity contribution >= 4 is 23.4 Å². The third-order valence-electron chi connectivity index (χ3n) is 1.67. The summed E-state index contributed by atoms with van der Waals surface area (Å²) in [6.07, 6.45) is 1.56. The quantitative estimate of drug-likeness (QED) is 0.593. The Balaban J connectivity index is 2.22. The maximum Gasteiger partial charge on any atom is 0.143 e. The van der Waals surface area contributed by atoms with E-state index >= 15 is 0 Å². The van der Waals surface area contributed by atoms with Gasteiger partial charge < -0.3 is 0 Å². The summed E-state index contributed by atoms with van der Waals surface area (Å²) in [6.45, 7) is 0. The average molecular weight is 227 g/mol. The number of benzene rings is 1. The van der Waals surface area contributed by atoms with E-state index in [0.717, 1.165) is 10.6 Å². The topological polar surface area (TPSA) is 43.6 Å². The van der Waals surface area contributed by atoms with Gasteiger partial charge in [-0.25, -0.2) is 4.68 Å². The number of alkyl halides is 1. The third-order valence-corrected chi connectivity index (χ3v) is 2.71. The van der Waals surface area contributed by atoms with E-state index in [2.05, 4.69) is 15.5 Å². The average Bonchev–Trinajstić information content (AvgIpc) is 2.72. The van der Waals surface area contributed by atoms with Gasteiger partial charge in [0, 0.05) is 4.90 Å². The summed E-state index contributed by atoms with van der Waals surface area (Å²) in [5, 5.41) is 11.5. The number of tetrazole rings is 1. The summed E-state index contributed by atoms with van der Waals surface area (Å²) in [6, 6.07) is 7.88. The summed E-state index contributed by atoms with van der Waals surface area (Å²) in [5.74, 6) is 0. The molecular formula is C8H7ClN4S. The Morgan fingerprint density at radius 3 is 2.64 bits per heavy atom. The number of aromatic nitrogens is 4. The predicted molar refractivity (Wildman–Crippen MR) is 55.7 cm³/mol. The van der Waals surface area contributed by atoms with Crippen LogP contribution in [-0.2, 0) is 0 Å². The van der Waals surface area contributed by atoms with Crippen molar-refractivity contribution < 1.29 is 0 Å². The molecule has 1 aromatic carbocycles. The molecule has 1 heterocycles. The first-order valence-electron chi connectivity index (χ1n) is 3.92. The molecule has 0 atom stereocenters. The Kier molecular flexibility index (Phi) is 3.00. The van der Waals surface area contributed by atoms with Crippen molar-refractivity contribution in [1.82, 2.24) is 20.2 Å². The van der Waals surface area contributed by atoms with Gasteiger partial charge in [-0.1, -0.05) is 0 Å². The molecule has 0 bridgehead atoms. The molecule has 1 aromatic heterocycles. The fourth-order valence-electron chi connectivity index (χ4n) is 1.04. The lowest BCUT2D eigenvalue weighted by atomic mass is 10.3. The van der Waals surface area contributed by atoms with E-state index in [1.54, 1.807) is 22.8 Å². The van der Waals surface area contributed by atoms with Gasteiger partial charge in [0.2, 0.25) is 0 Å². The fraction of sp³-hybridized carbons (Fsp3) is 0.125. The van der Waals surface area contributed by atoms with Gasteiger partial charge in [-0.05, 0) is 34.7 Å². The summed E-state index contributed by atoms with van der Waals surface area (Å²) < 4.78 is 1.61. The van der Waals surface area contributed by atoms with E-state index in [0.29, 0.717) is 5.21 Å². The Morgan fingerprint density at radius 1 is 1.29 bits per heavy atom. The molecule has 0 aliphatic carbocycles. The second-order valence-electron chi connectivity index (χ2n) is 2.50. The number of thioether (sulfide) groups is 1. The lowest BCUT2D eigenvalue weighted by Gasteiger charge is -2.00. The number of halogens is 1. The van der Waals surface area contributed by atoms with Gasteiger partial charge in [-0.2, -0.15) is 0 Å². The molecule has 0 fully saturated rings. The van der Waals surface area contributed by atoms with E-state index in [1.165, 1.54) is 0 Å². The lowest BCUT2D eigenvalue weighted by Crippen LogP contribution is -1.94. The van der Waals surface area contributed by atoms with E-state index in [9.17, 15) is 0 Å². The van der Waals surface area contributed by atoms with Crippen LogP contribution in [0.2, 0.25) is 0 Å². The highest BCUT2D eigenvalue weighted by atomic mass is 35.5. The second-order valence-corrected chi connectivity index (χ2v) is 4.13. The highest BCUT2D eigenvalue weighted by Crippen LogP contribution is 2.19. The first-order valence-corrected chi connectivity index (χ1v) is 5.44. The smallest absolute Gasteiger partial charge is 0.143 e. The van der Waals surface area contributed by atoms with Crippen molar-refractivity contribution in [1.29, 1.82) is 0 Å². The maximum atomic E-state index is 5.60. The van der Waals surface area contributed by atoms with Crippen molar-refractivity contribution in [2.24, 2.45) is 0 Å². The van der Waals surface area contributed by atoms with E-state index in [4.69, 9.17) is 11.6 Å². The molecular weight excluding hydrogens is 220 g/mol. The summed E-state index contributed by atoms with van der Waals surface area (Å²) in [5.41, 5.74) is 0.939. The minimum Gasteiger partial charge on any atom is -0.201 e. The molecule has 0 saturated carbocycles. The van der Waals surface area contributed by atoms with Gasteiger partial charge in [-0.3, -0.25) is 0 Å². The molecule has 0 amide bonds. The number of rotatable bonds is 3. The van der Waals surface area contributed by atoms with Gasteiger partial charge >= 0.3 is 0 Å². The first-order chi connectivity index (χ1) is 6.90. The summed E-state index contributed by atoms with van der Waals surface area (Å²) in [7, 11) is 0. The van der Waals surface area contributed by atoms with Crippen LogP contribution < -0.4 is 0 Å². The Bertz CT molecular complexity index is 386. The second kappa shape index (κ2) is 4.43. The van der Waals surface area contributed by atoms with Crippen LogP contribution >= 0.6 is 23.4 Å². The van der Waals surface area contributed by atoms with Gasteiger partial charge in [0.15, 0.2) is 0 Å². The van der Waals surface area contributed by atoms with Crippen LogP contribution in [0.15, 0.2) is 35.5 Å². The van der Waals surface area contributed by atoms with Crippen LogP contribution in [0.25, 0.3) is 5.69 Å². The SMILES string of the molecule is ClCSc1ccc(-n2cnnn2)cc1. The molecule has 0 spiro atoms. The van der Waals surface area contributed by atoms with Crippen molar-refractivity contribution in [3.8, 4) is 5.69 Å². The highest BCUT2D eigenvalue weighted by molar-refractivity contribution is 8.00. The molecule has 0 radical (unpaired) electrons. The number of hydrogen-bond acceptors (Lipinski definition) is 4. The zero-order valence-corrected chi connectivity index (χ0v) is 8.74. The molecule has 0 aliphatic heterocycles. The molecule has 0 saturated heterocycles. The van der Waals surface area contributed by atoms with E-state index < -0.39 is 0 Å². The standard InChI is InChI=1S/C8H7ClN4S/c9-5-14-8-3-1-7(2-4-8)13-6-10-11-12-13/h1-4,6H,5H2. The van der Waals surface area contributed by atoms with Crippen molar-refractivity contribution in [3.05, 3.63) is 30.6 Å². The zero-order valence-electron chi connectivity index (χ0n) is 7.17. The first kappa shape index (κ1) is 9.48. The third kappa shape index (κ3) is 2.05. The molecule has 0 aliphatic rings. The monoisotopic (exact) mass is 226 g/mol. The predicted octanol–water partition coefficient (Wildman–Crippen LogP) is 1.95. The lowest BCUT2D eigenvalue weighted by molar-refractivity contribution is 0.788. The molecule has 0 N–H and O–H groups in total. The Hall–Kier alpha value is -1.07. The van der Waals surface area contributed by atoms with Crippen LogP contribution in [0.1, 0.15) is 0 Å². The van der Waals surface area contributed by atoms with Gasteiger partial charge in [-0.15, -0.1) is 28.5 Å². The van der Waals surface area contributed by atoms with Crippen molar-refractivity contribution in [3.63, 3.8) is 0 Å². The number of nitrogens with zero attached hydrogens (tertiary/aromatic N) is 4. The van der Waals surface area contributed by atoms with Gasteiger partial charge in [0.1, 0.15) is 6.33 Å². The summed E-state index contributed by atoms with van der Waals surface area (Å²) >= 11 is 7.19.